The number of thiocarbonyl (C=S) groups is 1. The molecule has 0 unspecified atom stereocenters. The van der Waals surface area contributed by atoms with Crippen molar-refractivity contribution in [3.63, 3.8) is 0 Å². The molecule has 140 valence electrons. The maximum absolute atomic E-state index is 5.99. The van der Waals surface area contributed by atoms with E-state index in [9.17, 15) is 0 Å². The fraction of sp³-hybridized carbons (Fsp3) is 0.211. The van der Waals surface area contributed by atoms with E-state index in [-0.39, 0.29) is 6.10 Å². The van der Waals surface area contributed by atoms with E-state index >= 15 is 0 Å². The molecule has 0 saturated carbocycles. The van der Waals surface area contributed by atoms with Crippen LogP contribution < -0.4 is 15.4 Å². The quantitative estimate of drug-likeness (QED) is 0.580. The molecule has 6 nitrogen and oxygen atoms in total. The molecule has 3 rings (SSSR count). The molecular formula is C19H19ClN4O2S. The van der Waals surface area contributed by atoms with Crippen molar-refractivity contribution in [2.75, 3.05) is 5.32 Å². The number of hydrogen-bond acceptors (Lipinski definition) is 5. The Morgan fingerprint density at radius 3 is 2.81 bits per heavy atom. The molecule has 1 heterocycles. The normalized spacial score (nSPS) is 10.7. The van der Waals surface area contributed by atoms with Crippen LogP contribution in [-0.4, -0.2) is 21.4 Å². The van der Waals surface area contributed by atoms with Crippen LogP contribution in [0.3, 0.4) is 0 Å². The summed E-state index contributed by atoms with van der Waals surface area (Å²) in [6.07, 6.45) is 0.108. The molecule has 0 amide bonds. The van der Waals surface area contributed by atoms with Crippen LogP contribution in [0.25, 0.3) is 11.4 Å². The maximum Gasteiger partial charge on any atom is 0.246 e. The number of halogens is 1. The van der Waals surface area contributed by atoms with Crippen LogP contribution in [0.15, 0.2) is 53.1 Å². The maximum atomic E-state index is 5.99. The van der Waals surface area contributed by atoms with Gasteiger partial charge in [0.2, 0.25) is 11.7 Å². The van der Waals surface area contributed by atoms with E-state index in [0.29, 0.717) is 28.4 Å². The number of ether oxygens (including phenoxy) is 1. The predicted octanol–water partition coefficient (Wildman–Crippen LogP) is 4.66. The van der Waals surface area contributed by atoms with Crippen LogP contribution in [0.1, 0.15) is 19.7 Å². The zero-order chi connectivity index (χ0) is 19.2. The van der Waals surface area contributed by atoms with Crippen molar-refractivity contribution in [1.82, 2.24) is 15.5 Å². The summed E-state index contributed by atoms with van der Waals surface area (Å²) in [6.45, 7) is 4.27. The van der Waals surface area contributed by atoms with Gasteiger partial charge < -0.3 is 19.9 Å². The SMILES string of the molecule is CC(C)Oc1cccc(NC(=S)NCc2nc(-c3cccc(Cl)c3)no2)c1. The molecular weight excluding hydrogens is 384 g/mol. The number of benzene rings is 2. The highest BCUT2D eigenvalue weighted by molar-refractivity contribution is 7.80. The van der Waals surface area contributed by atoms with Crippen LogP contribution in [0.5, 0.6) is 5.75 Å². The monoisotopic (exact) mass is 402 g/mol. The minimum atomic E-state index is 0.108. The van der Waals surface area contributed by atoms with Gasteiger partial charge in [0.25, 0.3) is 0 Å². The van der Waals surface area contributed by atoms with Gasteiger partial charge in [-0.15, -0.1) is 0 Å². The Hall–Kier alpha value is -2.64. The Bertz CT molecular complexity index is 929. The Morgan fingerprint density at radius 2 is 2.04 bits per heavy atom. The molecule has 27 heavy (non-hydrogen) atoms. The van der Waals surface area contributed by atoms with Crippen molar-refractivity contribution in [3.8, 4) is 17.1 Å². The molecule has 0 spiro atoms. The van der Waals surface area contributed by atoms with Crippen molar-refractivity contribution in [2.45, 2.75) is 26.5 Å². The van der Waals surface area contributed by atoms with E-state index in [0.717, 1.165) is 17.0 Å². The standard InChI is InChI=1S/C19H19ClN4O2S/c1-12(2)25-16-8-4-7-15(10-16)22-19(27)21-11-17-23-18(24-26-17)13-5-3-6-14(20)9-13/h3-10,12H,11H2,1-2H3,(H2,21,22,27). The molecule has 0 bridgehead atoms. The number of aromatic nitrogens is 2. The lowest BCUT2D eigenvalue weighted by atomic mass is 10.2. The third kappa shape index (κ3) is 5.67. The molecule has 0 atom stereocenters. The van der Waals surface area contributed by atoms with Gasteiger partial charge in [0.15, 0.2) is 5.11 Å². The third-order valence-electron chi connectivity index (χ3n) is 3.41. The lowest BCUT2D eigenvalue weighted by Gasteiger charge is -2.12. The van der Waals surface area contributed by atoms with E-state index in [1.54, 1.807) is 12.1 Å². The van der Waals surface area contributed by atoms with Crippen molar-refractivity contribution >= 4 is 34.6 Å². The minimum absolute atomic E-state index is 0.108. The highest BCUT2D eigenvalue weighted by Crippen LogP contribution is 2.20. The van der Waals surface area contributed by atoms with Gasteiger partial charge in [0.1, 0.15) is 5.75 Å². The summed E-state index contributed by atoms with van der Waals surface area (Å²) in [4.78, 5) is 4.34. The van der Waals surface area contributed by atoms with Crippen molar-refractivity contribution < 1.29 is 9.26 Å². The lowest BCUT2D eigenvalue weighted by molar-refractivity contribution is 0.242. The number of nitrogens with zero attached hydrogens (tertiary/aromatic N) is 2. The summed E-state index contributed by atoms with van der Waals surface area (Å²) in [5.74, 6) is 1.68. The zero-order valence-corrected chi connectivity index (χ0v) is 16.5. The lowest BCUT2D eigenvalue weighted by Crippen LogP contribution is -2.28. The van der Waals surface area contributed by atoms with Gasteiger partial charge in [-0.3, -0.25) is 0 Å². The van der Waals surface area contributed by atoms with E-state index in [4.69, 9.17) is 33.1 Å². The number of anilines is 1. The van der Waals surface area contributed by atoms with Gasteiger partial charge in [-0.2, -0.15) is 4.98 Å². The van der Waals surface area contributed by atoms with Gasteiger partial charge in [-0.1, -0.05) is 35.0 Å². The number of hydrogen-bond donors (Lipinski definition) is 2. The topological polar surface area (TPSA) is 72.2 Å². The molecule has 2 aromatic carbocycles. The van der Waals surface area contributed by atoms with Crippen LogP contribution >= 0.6 is 23.8 Å². The molecule has 0 aliphatic rings. The summed E-state index contributed by atoms with van der Waals surface area (Å²) in [5.41, 5.74) is 1.62. The van der Waals surface area contributed by atoms with Crippen molar-refractivity contribution in [2.24, 2.45) is 0 Å². The number of rotatable bonds is 6. The molecule has 8 heteroatoms. The smallest absolute Gasteiger partial charge is 0.246 e. The average molecular weight is 403 g/mol. The molecule has 3 aromatic rings. The van der Waals surface area contributed by atoms with Gasteiger partial charge in [0, 0.05) is 22.3 Å². The van der Waals surface area contributed by atoms with Gasteiger partial charge in [-0.05, 0) is 50.3 Å². The second-order valence-corrected chi connectivity index (χ2v) is 6.87. The Labute approximate surface area is 167 Å². The minimum Gasteiger partial charge on any atom is -0.491 e. The van der Waals surface area contributed by atoms with Gasteiger partial charge in [-0.25, -0.2) is 0 Å². The van der Waals surface area contributed by atoms with E-state index < -0.39 is 0 Å². The predicted molar refractivity (Wildman–Crippen MR) is 110 cm³/mol. The molecule has 2 N–H and O–H groups in total. The van der Waals surface area contributed by atoms with E-state index in [1.807, 2.05) is 50.2 Å². The van der Waals surface area contributed by atoms with Crippen LogP contribution in [0.2, 0.25) is 5.02 Å². The average Bonchev–Trinajstić information content (AvgIpc) is 3.09. The highest BCUT2D eigenvalue weighted by atomic mass is 35.5. The molecule has 0 saturated heterocycles. The first-order valence-electron chi connectivity index (χ1n) is 8.39. The first-order valence-corrected chi connectivity index (χ1v) is 9.18. The van der Waals surface area contributed by atoms with E-state index in [2.05, 4.69) is 20.8 Å². The van der Waals surface area contributed by atoms with Gasteiger partial charge in [0.05, 0.1) is 12.6 Å². The summed E-state index contributed by atoms with van der Waals surface area (Å²) in [5, 5.41) is 11.2. The summed E-state index contributed by atoms with van der Waals surface area (Å²) < 4.78 is 10.9. The third-order valence-corrected chi connectivity index (χ3v) is 3.90. The van der Waals surface area contributed by atoms with Gasteiger partial charge >= 0.3 is 0 Å². The van der Waals surface area contributed by atoms with Crippen LogP contribution in [-0.2, 0) is 6.54 Å². The molecule has 0 aliphatic heterocycles. The molecule has 0 radical (unpaired) electrons. The molecule has 1 aromatic heterocycles. The fourth-order valence-electron chi connectivity index (χ4n) is 2.32. The largest absolute Gasteiger partial charge is 0.491 e. The Kier molecular flexibility index (Phi) is 6.26. The Balaban J connectivity index is 1.55. The first-order chi connectivity index (χ1) is 13.0. The molecule has 0 fully saturated rings. The Morgan fingerprint density at radius 1 is 1.22 bits per heavy atom. The fourth-order valence-corrected chi connectivity index (χ4v) is 2.70. The van der Waals surface area contributed by atoms with Crippen LogP contribution in [0, 0.1) is 0 Å². The molecule has 0 aliphatic carbocycles. The summed E-state index contributed by atoms with van der Waals surface area (Å²) in [7, 11) is 0. The summed E-state index contributed by atoms with van der Waals surface area (Å²) in [6, 6.07) is 14.9. The highest BCUT2D eigenvalue weighted by Gasteiger charge is 2.09. The zero-order valence-electron chi connectivity index (χ0n) is 14.9. The van der Waals surface area contributed by atoms with Crippen molar-refractivity contribution in [3.05, 3.63) is 59.4 Å². The summed E-state index contributed by atoms with van der Waals surface area (Å²) >= 11 is 11.3. The van der Waals surface area contributed by atoms with Crippen LogP contribution in [0.4, 0.5) is 5.69 Å². The van der Waals surface area contributed by atoms with Crippen molar-refractivity contribution in [1.29, 1.82) is 0 Å². The van der Waals surface area contributed by atoms with E-state index in [1.165, 1.54) is 0 Å². The first kappa shape index (κ1) is 19.1. The second-order valence-electron chi connectivity index (χ2n) is 6.02. The number of nitrogens with one attached hydrogen (secondary N) is 2. The second kappa shape index (κ2) is 8.83.